The first-order valence-electron chi connectivity index (χ1n) is 5.07. The van der Waals surface area contributed by atoms with Crippen LogP contribution in [0.15, 0.2) is 30.3 Å². The maximum atomic E-state index is 8.60. The third kappa shape index (κ3) is 2.39. The zero-order valence-corrected chi connectivity index (χ0v) is 8.46. The van der Waals surface area contributed by atoms with Gasteiger partial charge in [0.05, 0.1) is 5.69 Å². The van der Waals surface area contributed by atoms with Crippen LogP contribution in [-0.2, 0) is 0 Å². The Morgan fingerprint density at radius 2 is 2.13 bits per heavy atom. The molecule has 0 saturated heterocycles. The van der Waals surface area contributed by atoms with Crippen LogP contribution in [0.2, 0.25) is 0 Å². The van der Waals surface area contributed by atoms with Gasteiger partial charge in [0.1, 0.15) is 0 Å². The minimum Gasteiger partial charge on any atom is -0.396 e. The summed E-state index contributed by atoms with van der Waals surface area (Å²) < 4.78 is 0. The van der Waals surface area contributed by atoms with E-state index in [4.69, 9.17) is 5.11 Å². The van der Waals surface area contributed by atoms with E-state index in [0.717, 1.165) is 24.1 Å². The highest BCUT2D eigenvalue weighted by atomic mass is 16.2. The molecule has 0 aliphatic heterocycles. The Morgan fingerprint density at radius 3 is 2.93 bits per heavy atom. The minimum absolute atomic E-state index is 0.210. The molecule has 1 aromatic heterocycles. The highest BCUT2D eigenvalue weighted by molar-refractivity contribution is 5.81. The van der Waals surface area contributed by atoms with E-state index < -0.39 is 0 Å². The summed E-state index contributed by atoms with van der Waals surface area (Å²) in [5, 5.41) is 9.79. The van der Waals surface area contributed by atoms with Crippen LogP contribution in [-0.4, -0.2) is 16.7 Å². The molecule has 0 aliphatic carbocycles. The third-order valence-corrected chi connectivity index (χ3v) is 2.21. The van der Waals surface area contributed by atoms with E-state index in [1.807, 2.05) is 24.3 Å². The first-order valence-corrected chi connectivity index (χ1v) is 5.07. The van der Waals surface area contributed by atoms with Gasteiger partial charge in [-0.2, -0.15) is 0 Å². The Labute approximate surface area is 88.9 Å². The van der Waals surface area contributed by atoms with Crippen LogP contribution in [0.3, 0.4) is 0 Å². The molecule has 0 bridgehead atoms. The monoisotopic (exact) mass is 199 g/mol. The van der Waals surface area contributed by atoms with Crippen molar-refractivity contribution in [1.29, 1.82) is 0 Å². The zero-order chi connectivity index (χ0) is 10.5. The van der Waals surface area contributed by atoms with Crippen molar-refractivity contribution in [3.63, 3.8) is 0 Å². The molecule has 76 valence electrons. The molecule has 1 aromatic carbocycles. The van der Waals surface area contributed by atoms with Crippen LogP contribution in [0.5, 0.6) is 0 Å². The molecule has 2 heteroatoms. The van der Waals surface area contributed by atoms with E-state index in [2.05, 4.69) is 22.9 Å². The average Bonchev–Trinajstić information content (AvgIpc) is 2.67. The van der Waals surface area contributed by atoms with Crippen molar-refractivity contribution >= 4 is 10.9 Å². The molecule has 2 nitrogen and oxygen atoms in total. The van der Waals surface area contributed by atoms with Crippen LogP contribution in [0.25, 0.3) is 10.9 Å². The standard InChI is InChI=1S/C13H13NO/c15-9-5-1-2-7-12-10-11-6-3-4-8-13(11)14-12/h3-4,6,8,10,14-15H,1,5,9H2. The van der Waals surface area contributed by atoms with Crippen molar-refractivity contribution in [3.8, 4) is 11.8 Å². The zero-order valence-electron chi connectivity index (χ0n) is 8.46. The second-order valence-electron chi connectivity index (χ2n) is 3.40. The lowest BCUT2D eigenvalue weighted by atomic mass is 10.2. The van der Waals surface area contributed by atoms with E-state index in [-0.39, 0.29) is 6.61 Å². The highest BCUT2D eigenvalue weighted by Crippen LogP contribution is 2.13. The first kappa shape index (κ1) is 9.82. The van der Waals surface area contributed by atoms with Gasteiger partial charge in [-0.3, -0.25) is 0 Å². The van der Waals surface area contributed by atoms with Gasteiger partial charge < -0.3 is 10.1 Å². The van der Waals surface area contributed by atoms with Gasteiger partial charge in [0.25, 0.3) is 0 Å². The molecule has 0 fully saturated rings. The number of aromatic nitrogens is 1. The van der Waals surface area contributed by atoms with Crippen molar-refractivity contribution in [2.75, 3.05) is 6.61 Å². The Kier molecular flexibility index (Phi) is 3.06. The van der Waals surface area contributed by atoms with Crippen LogP contribution >= 0.6 is 0 Å². The Bertz CT molecular complexity index is 469. The second kappa shape index (κ2) is 4.68. The topological polar surface area (TPSA) is 36.0 Å². The number of aliphatic hydroxyl groups excluding tert-OH is 1. The van der Waals surface area contributed by atoms with Gasteiger partial charge in [-0.25, -0.2) is 0 Å². The number of benzene rings is 1. The van der Waals surface area contributed by atoms with Crippen molar-refractivity contribution in [2.45, 2.75) is 12.8 Å². The number of para-hydroxylation sites is 1. The van der Waals surface area contributed by atoms with Crippen LogP contribution in [0.1, 0.15) is 18.5 Å². The van der Waals surface area contributed by atoms with Gasteiger partial charge in [0, 0.05) is 23.9 Å². The molecule has 1 heterocycles. The molecule has 0 spiro atoms. The summed E-state index contributed by atoms with van der Waals surface area (Å²) in [6.07, 6.45) is 1.49. The molecule has 0 saturated carbocycles. The largest absolute Gasteiger partial charge is 0.396 e. The number of aliphatic hydroxyl groups is 1. The molecule has 2 aromatic rings. The van der Waals surface area contributed by atoms with Gasteiger partial charge in [-0.1, -0.05) is 24.1 Å². The lowest BCUT2D eigenvalue weighted by Gasteiger charge is -1.84. The van der Waals surface area contributed by atoms with Gasteiger partial charge >= 0.3 is 0 Å². The quantitative estimate of drug-likeness (QED) is 0.565. The molecule has 0 radical (unpaired) electrons. The number of fused-ring (bicyclic) bond motifs is 1. The maximum Gasteiger partial charge on any atom is 0.0904 e. The minimum atomic E-state index is 0.210. The molecule has 0 aliphatic rings. The second-order valence-corrected chi connectivity index (χ2v) is 3.40. The molecule has 0 amide bonds. The summed E-state index contributed by atoms with van der Waals surface area (Å²) in [6, 6.07) is 10.2. The van der Waals surface area contributed by atoms with Gasteiger partial charge in [-0.15, -0.1) is 0 Å². The fourth-order valence-electron chi connectivity index (χ4n) is 1.47. The van der Waals surface area contributed by atoms with Crippen molar-refractivity contribution < 1.29 is 5.11 Å². The van der Waals surface area contributed by atoms with Gasteiger partial charge in [0.15, 0.2) is 0 Å². The lowest BCUT2D eigenvalue weighted by Crippen LogP contribution is -1.79. The Hall–Kier alpha value is -1.72. The van der Waals surface area contributed by atoms with Gasteiger partial charge in [-0.05, 0) is 24.5 Å². The number of hydrogen-bond donors (Lipinski definition) is 2. The molecule has 2 N–H and O–H groups in total. The van der Waals surface area contributed by atoms with Crippen LogP contribution < -0.4 is 0 Å². The van der Waals surface area contributed by atoms with E-state index in [1.165, 1.54) is 5.39 Å². The van der Waals surface area contributed by atoms with Crippen molar-refractivity contribution in [2.24, 2.45) is 0 Å². The number of unbranched alkanes of at least 4 members (excludes halogenated alkanes) is 1. The van der Waals surface area contributed by atoms with Crippen molar-refractivity contribution in [3.05, 3.63) is 36.0 Å². The predicted molar refractivity (Wildman–Crippen MR) is 61.5 cm³/mol. The molecular weight excluding hydrogens is 186 g/mol. The number of hydrogen-bond acceptors (Lipinski definition) is 1. The summed E-state index contributed by atoms with van der Waals surface area (Å²) in [4.78, 5) is 3.24. The fourth-order valence-corrected chi connectivity index (χ4v) is 1.47. The lowest BCUT2D eigenvalue weighted by molar-refractivity contribution is 0.290. The molecule has 2 rings (SSSR count). The molecular formula is C13H13NO. The predicted octanol–water partition coefficient (Wildman–Crippen LogP) is 2.29. The number of nitrogens with one attached hydrogen (secondary N) is 1. The van der Waals surface area contributed by atoms with E-state index >= 15 is 0 Å². The van der Waals surface area contributed by atoms with Crippen LogP contribution in [0.4, 0.5) is 0 Å². The molecule has 0 atom stereocenters. The Balaban J connectivity index is 2.17. The van der Waals surface area contributed by atoms with E-state index in [1.54, 1.807) is 0 Å². The summed E-state index contributed by atoms with van der Waals surface area (Å²) in [6.45, 7) is 0.210. The average molecular weight is 199 g/mol. The fraction of sp³-hybridized carbons (Fsp3) is 0.231. The number of H-pyrrole nitrogens is 1. The summed E-state index contributed by atoms with van der Waals surface area (Å²) >= 11 is 0. The number of aromatic amines is 1. The van der Waals surface area contributed by atoms with Crippen LogP contribution in [0, 0.1) is 11.8 Å². The first-order chi connectivity index (χ1) is 7.40. The smallest absolute Gasteiger partial charge is 0.0904 e. The van der Waals surface area contributed by atoms with E-state index in [0.29, 0.717) is 0 Å². The number of rotatable bonds is 2. The third-order valence-electron chi connectivity index (χ3n) is 2.21. The molecule has 15 heavy (non-hydrogen) atoms. The summed E-state index contributed by atoms with van der Waals surface area (Å²) in [5.74, 6) is 6.07. The summed E-state index contributed by atoms with van der Waals surface area (Å²) in [7, 11) is 0. The maximum absolute atomic E-state index is 8.60. The normalized spacial score (nSPS) is 9.93. The van der Waals surface area contributed by atoms with Crippen molar-refractivity contribution in [1.82, 2.24) is 4.98 Å². The SMILES string of the molecule is OCCCC#Cc1cc2ccccc2[nH]1. The van der Waals surface area contributed by atoms with E-state index in [9.17, 15) is 0 Å². The molecule has 0 unspecified atom stereocenters. The van der Waals surface area contributed by atoms with Gasteiger partial charge in [0.2, 0.25) is 0 Å². The summed E-state index contributed by atoms with van der Waals surface area (Å²) in [5.41, 5.74) is 2.05. The highest BCUT2D eigenvalue weighted by Gasteiger charge is 1.95. The Morgan fingerprint density at radius 1 is 1.27 bits per heavy atom.